The van der Waals surface area contributed by atoms with E-state index in [1.807, 2.05) is 39.0 Å². The van der Waals surface area contributed by atoms with Crippen LogP contribution in [0.2, 0.25) is 0 Å². The third-order valence-electron chi connectivity index (χ3n) is 3.45. The van der Waals surface area contributed by atoms with Crippen molar-refractivity contribution in [3.8, 4) is 0 Å². The third-order valence-corrected chi connectivity index (χ3v) is 4.84. The van der Waals surface area contributed by atoms with Gasteiger partial charge in [0.25, 0.3) is 0 Å². The highest BCUT2D eigenvalue weighted by Gasteiger charge is 2.22. The molecule has 112 valence electrons. The Bertz CT molecular complexity index is 634. The van der Waals surface area contributed by atoms with Gasteiger partial charge in [-0.1, -0.05) is 28.9 Å². The van der Waals surface area contributed by atoms with Gasteiger partial charge >= 0.3 is 0 Å². The second-order valence-electron chi connectivity index (χ2n) is 5.13. The molecule has 0 saturated heterocycles. The maximum atomic E-state index is 14.5. The standard InChI is InChI=1S/C17H18BrFIN/c1-4-21-17(13-9-12(20)5-6-14(13)18)16-11(3)7-10(2)8-15(16)19/h5-9,17,21H,4H2,1-3H3. The number of halogens is 3. The van der Waals surface area contributed by atoms with Crippen LogP contribution in [0.25, 0.3) is 0 Å². The third kappa shape index (κ3) is 3.85. The van der Waals surface area contributed by atoms with Gasteiger partial charge in [-0.15, -0.1) is 0 Å². The van der Waals surface area contributed by atoms with E-state index in [1.54, 1.807) is 6.07 Å². The first-order chi connectivity index (χ1) is 9.93. The zero-order chi connectivity index (χ0) is 15.6. The van der Waals surface area contributed by atoms with Crippen LogP contribution in [0.15, 0.2) is 34.8 Å². The molecule has 0 fully saturated rings. The molecule has 0 spiro atoms. The molecule has 1 nitrogen and oxygen atoms in total. The van der Waals surface area contributed by atoms with Gasteiger partial charge in [0.1, 0.15) is 5.82 Å². The van der Waals surface area contributed by atoms with Crippen LogP contribution in [0.5, 0.6) is 0 Å². The highest BCUT2D eigenvalue weighted by molar-refractivity contribution is 14.1. The monoisotopic (exact) mass is 461 g/mol. The maximum Gasteiger partial charge on any atom is 0.128 e. The van der Waals surface area contributed by atoms with Gasteiger partial charge in [-0.3, -0.25) is 0 Å². The minimum atomic E-state index is -0.153. The van der Waals surface area contributed by atoms with Crippen molar-refractivity contribution in [2.45, 2.75) is 26.8 Å². The van der Waals surface area contributed by atoms with Crippen LogP contribution in [-0.4, -0.2) is 6.54 Å². The van der Waals surface area contributed by atoms with Crippen molar-refractivity contribution in [3.05, 3.63) is 66.4 Å². The Kier molecular flexibility index (Phi) is 5.80. The first-order valence-corrected chi connectivity index (χ1v) is 8.76. The Balaban J connectivity index is 2.61. The molecule has 21 heavy (non-hydrogen) atoms. The molecule has 0 aromatic heterocycles. The number of benzene rings is 2. The van der Waals surface area contributed by atoms with Crippen LogP contribution in [0.1, 0.15) is 35.2 Å². The fraction of sp³-hybridized carbons (Fsp3) is 0.294. The van der Waals surface area contributed by atoms with Gasteiger partial charge in [-0.2, -0.15) is 0 Å². The van der Waals surface area contributed by atoms with E-state index in [9.17, 15) is 4.39 Å². The number of aryl methyl sites for hydroxylation is 2. The molecule has 0 radical (unpaired) electrons. The molecule has 0 aliphatic heterocycles. The van der Waals surface area contributed by atoms with E-state index in [1.165, 1.54) is 0 Å². The van der Waals surface area contributed by atoms with Gasteiger partial charge in [0.05, 0.1) is 6.04 Å². The smallest absolute Gasteiger partial charge is 0.128 e. The topological polar surface area (TPSA) is 12.0 Å². The van der Waals surface area contributed by atoms with E-state index < -0.39 is 0 Å². The molecule has 1 atom stereocenters. The summed E-state index contributed by atoms with van der Waals surface area (Å²) in [6, 6.07) is 9.63. The lowest BCUT2D eigenvalue weighted by atomic mass is 9.93. The number of rotatable bonds is 4. The van der Waals surface area contributed by atoms with Crippen LogP contribution in [0.3, 0.4) is 0 Å². The van der Waals surface area contributed by atoms with E-state index in [4.69, 9.17) is 0 Å². The molecule has 0 aliphatic rings. The summed E-state index contributed by atoms with van der Waals surface area (Å²) >= 11 is 5.88. The van der Waals surface area contributed by atoms with Crippen molar-refractivity contribution >= 4 is 38.5 Å². The lowest BCUT2D eigenvalue weighted by molar-refractivity contribution is 0.554. The summed E-state index contributed by atoms with van der Waals surface area (Å²) in [7, 11) is 0. The zero-order valence-electron chi connectivity index (χ0n) is 12.3. The molecule has 1 N–H and O–H groups in total. The van der Waals surface area contributed by atoms with Crippen LogP contribution in [0.4, 0.5) is 4.39 Å². The van der Waals surface area contributed by atoms with Gasteiger partial charge in [0.15, 0.2) is 0 Å². The maximum absolute atomic E-state index is 14.5. The molecule has 0 saturated carbocycles. The molecule has 2 aromatic rings. The molecule has 2 rings (SSSR count). The molecule has 2 aromatic carbocycles. The van der Waals surface area contributed by atoms with Gasteiger partial charge in [0, 0.05) is 13.6 Å². The van der Waals surface area contributed by atoms with Crippen molar-refractivity contribution in [2.24, 2.45) is 0 Å². The van der Waals surface area contributed by atoms with Crippen molar-refractivity contribution in [2.75, 3.05) is 6.54 Å². The van der Waals surface area contributed by atoms with Crippen molar-refractivity contribution in [3.63, 3.8) is 0 Å². The average molecular weight is 462 g/mol. The molecular weight excluding hydrogens is 444 g/mol. The van der Waals surface area contributed by atoms with Crippen LogP contribution >= 0.6 is 38.5 Å². The van der Waals surface area contributed by atoms with Crippen molar-refractivity contribution < 1.29 is 4.39 Å². The van der Waals surface area contributed by atoms with E-state index in [0.29, 0.717) is 0 Å². The fourth-order valence-corrected chi connectivity index (χ4v) is 3.59. The minimum absolute atomic E-state index is 0.149. The molecular formula is C17H18BrFIN. The van der Waals surface area contributed by atoms with Crippen LogP contribution < -0.4 is 5.32 Å². The predicted molar refractivity (Wildman–Crippen MR) is 98.3 cm³/mol. The summed E-state index contributed by atoms with van der Waals surface area (Å²) in [6.45, 7) is 6.70. The Morgan fingerprint density at radius 1 is 1.24 bits per heavy atom. The van der Waals surface area contributed by atoms with Gasteiger partial charge in [-0.25, -0.2) is 4.39 Å². The second-order valence-corrected chi connectivity index (χ2v) is 7.23. The van der Waals surface area contributed by atoms with E-state index >= 15 is 0 Å². The Morgan fingerprint density at radius 3 is 2.57 bits per heavy atom. The van der Waals surface area contributed by atoms with Crippen molar-refractivity contribution in [1.29, 1.82) is 0 Å². The summed E-state index contributed by atoms with van der Waals surface area (Å²) in [5.74, 6) is -0.149. The molecule has 0 amide bonds. The minimum Gasteiger partial charge on any atom is -0.306 e. The van der Waals surface area contributed by atoms with Gasteiger partial charge in [-0.05, 0) is 83.9 Å². The highest BCUT2D eigenvalue weighted by atomic mass is 127. The quantitative estimate of drug-likeness (QED) is 0.592. The Morgan fingerprint density at radius 2 is 1.95 bits per heavy atom. The lowest BCUT2D eigenvalue weighted by Gasteiger charge is -2.23. The number of nitrogens with one attached hydrogen (secondary N) is 1. The summed E-state index contributed by atoms with van der Waals surface area (Å²) in [4.78, 5) is 0. The van der Waals surface area contributed by atoms with E-state index in [2.05, 4.69) is 49.9 Å². The van der Waals surface area contributed by atoms with E-state index in [-0.39, 0.29) is 11.9 Å². The first kappa shape index (κ1) is 16.9. The predicted octanol–water partition coefficient (Wildman–Crippen LogP) is 5.51. The molecule has 0 heterocycles. The highest BCUT2D eigenvalue weighted by Crippen LogP contribution is 2.33. The average Bonchev–Trinajstić information content (AvgIpc) is 2.39. The molecule has 0 aliphatic carbocycles. The molecule has 1 unspecified atom stereocenters. The second kappa shape index (κ2) is 7.20. The molecule has 0 bridgehead atoms. The van der Waals surface area contributed by atoms with Crippen LogP contribution in [0, 0.1) is 23.2 Å². The van der Waals surface area contributed by atoms with Crippen molar-refractivity contribution in [1.82, 2.24) is 5.32 Å². The van der Waals surface area contributed by atoms with E-state index in [0.717, 1.165) is 36.8 Å². The number of hydrogen-bond donors (Lipinski definition) is 1. The number of hydrogen-bond acceptors (Lipinski definition) is 1. The SMILES string of the molecule is CCNC(c1cc(I)ccc1Br)c1c(C)cc(C)cc1F. The summed E-state index contributed by atoms with van der Waals surface area (Å²) in [5.41, 5.74) is 3.72. The van der Waals surface area contributed by atoms with Gasteiger partial charge in [0.2, 0.25) is 0 Å². The lowest BCUT2D eigenvalue weighted by Crippen LogP contribution is -2.24. The first-order valence-electron chi connectivity index (χ1n) is 6.89. The summed E-state index contributed by atoms with van der Waals surface area (Å²) < 4.78 is 16.7. The Hall–Kier alpha value is -0.460. The normalized spacial score (nSPS) is 12.5. The van der Waals surface area contributed by atoms with Crippen LogP contribution in [-0.2, 0) is 0 Å². The Labute approximate surface area is 147 Å². The summed E-state index contributed by atoms with van der Waals surface area (Å²) in [5, 5.41) is 3.41. The summed E-state index contributed by atoms with van der Waals surface area (Å²) in [6.07, 6.45) is 0. The largest absolute Gasteiger partial charge is 0.306 e. The fourth-order valence-electron chi connectivity index (χ4n) is 2.60. The molecule has 4 heteroatoms. The van der Waals surface area contributed by atoms with Gasteiger partial charge < -0.3 is 5.32 Å². The zero-order valence-corrected chi connectivity index (χ0v) is 16.0.